The van der Waals surface area contributed by atoms with Crippen molar-refractivity contribution in [3.05, 3.63) is 28.2 Å². The van der Waals surface area contributed by atoms with Gasteiger partial charge in [0.25, 0.3) is 0 Å². The van der Waals surface area contributed by atoms with Crippen LogP contribution in [-0.4, -0.2) is 18.3 Å². The van der Waals surface area contributed by atoms with Gasteiger partial charge in [-0.05, 0) is 24.6 Å². The summed E-state index contributed by atoms with van der Waals surface area (Å²) in [6.07, 6.45) is 2.39. The van der Waals surface area contributed by atoms with Crippen LogP contribution in [0.2, 0.25) is 0 Å². The van der Waals surface area contributed by atoms with E-state index in [-0.39, 0.29) is 5.78 Å². The molecule has 0 aliphatic carbocycles. The van der Waals surface area contributed by atoms with Crippen LogP contribution < -0.4 is 4.74 Å². The minimum Gasteiger partial charge on any atom is -0.493 e. The molecule has 4 heteroatoms. The highest BCUT2D eigenvalue weighted by molar-refractivity contribution is 9.10. The van der Waals surface area contributed by atoms with Gasteiger partial charge in [-0.3, -0.25) is 4.79 Å². The minimum absolute atomic E-state index is 0.0211. The molecule has 2 nitrogen and oxygen atoms in total. The molecule has 1 rings (SSSR count). The lowest BCUT2D eigenvalue weighted by atomic mass is 10.1. The quantitative estimate of drug-likeness (QED) is 0.422. The highest BCUT2D eigenvalue weighted by Gasteiger charge is 2.12. The first kappa shape index (κ1) is 14.5. The van der Waals surface area contributed by atoms with E-state index in [4.69, 9.17) is 16.3 Å². The Morgan fingerprint density at radius 1 is 1.47 bits per heavy atom. The largest absolute Gasteiger partial charge is 0.493 e. The Bertz CT molecular complexity index is 380. The van der Waals surface area contributed by atoms with Crippen molar-refractivity contribution in [3.63, 3.8) is 0 Å². The smallest absolute Gasteiger partial charge is 0.167 e. The molecule has 0 saturated heterocycles. The predicted molar refractivity (Wildman–Crippen MR) is 74.2 cm³/mol. The van der Waals surface area contributed by atoms with E-state index in [1.54, 1.807) is 6.07 Å². The van der Waals surface area contributed by atoms with Crippen molar-refractivity contribution in [1.29, 1.82) is 0 Å². The van der Waals surface area contributed by atoms with Gasteiger partial charge in [-0.25, -0.2) is 0 Å². The molecule has 1 aromatic rings. The summed E-state index contributed by atoms with van der Waals surface area (Å²) in [6, 6.07) is 5.48. The number of alkyl halides is 1. The van der Waals surface area contributed by atoms with E-state index in [9.17, 15) is 4.79 Å². The second-order valence-electron chi connectivity index (χ2n) is 3.70. The van der Waals surface area contributed by atoms with Gasteiger partial charge >= 0.3 is 0 Å². The number of carbonyl (C=O) groups excluding carboxylic acids is 1. The van der Waals surface area contributed by atoms with Crippen LogP contribution in [0, 0.1) is 0 Å². The number of carbonyl (C=O) groups is 1. The Morgan fingerprint density at radius 3 is 2.88 bits per heavy atom. The van der Waals surface area contributed by atoms with E-state index in [1.807, 2.05) is 12.1 Å². The molecule has 0 heterocycles. The van der Waals surface area contributed by atoms with E-state index >= 15 is 0 Å². The van der Waals surface area contributed by atoms with Gasteiger partial charge in [0, 0.05) is 16.8 Å². The first-order chi connectivity index (χ1) is 8.19. The van der Waals surface area contributed by atoms with Crippen LogP contribution in [0.4, 0.5) is 0 Å². The molecule has 94 valence electrons. The molecule has 0 amide bonds. The number of halogens is 2. The van der Waals surface area contributed by atoms with Crippen molar-refractivity contribution < 1.29 is 9.53 Å². The number of rotatable bonds is 7. The summed E-state index contributed by atoms with van der Waals surface area (Å²) in [6.45, 7) is 2.74. The SMILES string of the molecule is CCCCOc1ccc(Br)cc1C(=O)CCCl. The molecule has 0 fully saturated rings. The first-order valence-corrected chi connectivity index (χ1v) is 7.03. The highest BCUT2D eigenvalue weighted by Crippen LogP contribution is 2.25. The van der Waals surface area contributed by atoms with Crippen LogP contribution in [0.3, 0.4) is 0 Å². The van der Waals surface area contributed by atoms with Crippen LogP contribution in [-0.2, 0) is 0 Å². The van der Waals surface area contributed by atoms with Gasteiger partial charge in [-0.15, -0.1) is 11.6 Å². The molecule has 0 radical (unpaired) electrons. The van der Waals surface area contributed by atoms with Gasteiger partial charge in [0.2, 0.25) is 0 Å². The molecule has 1 aromatic carbocycles. The fraction of sp³-hybridized carbons (Fsp3) is 0.462. The number of ether oxygens (including phenoxy) is 1. The Labute approximate surface area is 115 Å². The molecule has 0 spiro atoms. The second-order valence-corrected chi connectivity index (χ2v) is 5.00. The molecular formula is C13H16BrClO2. The van der Waals surface area contributed by atoms with E-state index in [0.717, 1.165) is 17.3 Å². The highest BCUT2D eigenvalue weighted by atomic mass is 79.9. The first-order valence-electron chi connectivity index (χ1n) is 5.70. The molecule has 0 N–H and O–H groups in total. The molecule has 0 aliphatic rings. The zero-order valence-corrected chi connectivity index (χ0v) is 12.2. The lowest BCUT2D eigenvalue weighted by Gasteiger charge is -2.10. The van der Waals surface area contributed by atoms with Crippen molar-refractivity contribution >= 4 is 33.3 Å². The van der Waals surface area contributed by atoms with E-state index < -0.39 is 0 Å². The maximum Gasteiger partial charge on any atom is 0.167 e. The van der Waals surface area contributed by atoms with Crippen molar-refractivity contribution in [3.8, 4) is 5.75 Å². The summed E-state index contributed by atoms with van der Waals surface area (Å²) in [5.41, 5.74) is 0.608. The molecule has 0 atom stereocenters. The lowest BCUT2D eigenvalue weighted by Crippen LogP contribution is -2.05. The molecule has 17 heavy (non-hydrogen) atoms. The second kappa shape index (κ2) is 7.72. The van der Waals surface area contributed by atoms with Gasteiger partial charge in [0.15, 0.2) is 5.78 Å². The number of benzene rings is 1. The van der Waals surface area contributed by atoms with Gasteiger partial charge in [0.1, 0.15) is 5.75 Å². The van der Waals surface area contributed by atoms with Crippen molar-refractivity contribution in [2.24, 2.45) is 0 Å². The maximum absolute atomic E-state index is 11.9. The molecular weight excluding hydrogens is 303 g/mol. The minimum atomic E-state index is 0.0211. The topological polar surface area (TPSA) is 26.3 Å². The van der Waals surface area contributed by atoms with Crippen molar-refractivity contribution in [1.82, 2.24) is 0 Å². The summed E-state index contributed by atoms with van der Waals surface area (Å²) < 4.78 is 6.49. The van der Waals surface area contributed by atoms with Gasteiger partial charge in [-0.2, -0.15) is 0 Å². The third kappa shape index (κ3) is 4.68. The van der Waals surface area contributed by atoms with E-state index in [2.05, 4.69) is 22.9 Å². The number of unbranched alkanes of at least 4 members (excludes halogenated alkanes) is 1. The van der Waals surface area contributed by atoms with Crippen molar-refractivity contribution in [2.45, 2.75) is 26.2 Å². The molecule has 0 unspecified atom stereocenters. The molecule has 0 aliphatic heterocycles. The normalized spacial score (nSPS) is 10.3. The summed E-state index contributed by atoms with van der Waals surface area (Å²) >= 11 is 8.95. The van der Waals surface area contributed by atoms with E-state index in [1.165, 1.54) is 0 Å². The van der Waals surface area contributed by atoms with Gasteiger partial charge in [-0.1, -0.05) is 29.3 Å². The Morgan fingerprint density at radius 2 is 2.24 bits per heavy atom. The monoisotopic (exact) mass is 318 g/mol. The lowest BCUT2D eigenvalue weighted by molar-refractivity contribution is 0.0985. The number of hydrogen-bond acceptors (Lipinski definition) is 2. The maximum atomic E-state index is 11.9. The summed E-state index contributed by atoms with van der Waals surface area (Å²) in [7, 11) is 0. The predicted octanol–water partition coefficient (Wildman–Crippen LogP) is 4.44. The third-order valence-corrected chi connectivity index (χ3v) is 3.00. The third-order valence-electron chi connectivity index (χ3n) is 2.32. The van der Waals surface area contributed by atoms with Crippen LogP contribution in [0.1, 0.15) is 36.5 Å². The Kier molecular flexibility index (Phi) is 6.60. The molecule has 0 bridgehead atoms. The van der Waals surface area contributed by atoms with Crippen LogP contribution in [0.25, 0.3) is 0 Å². The zero-order chi connectivity index (χ0) is 12.7. The average molecular weight is 320 g/mol. The van der Waals surface area contributed by atoms with Gasteiger partial charge in [0.05, 0.1) is 12.2 Å². The van der Waals surface area contributed by atoms with Gasteiger partial charge < -0.3 is 4.74 Å². The zero-order valence-electron chi connectivity index (χ0n) is 9.84. The average Bonchev–Trinajstić information content (AvgIpc) is 2.31. The Hall–Kier alpha value is -0.540. The number of Topliss-reactive ketones (excluding diaryl/α,β-unsaturated/α-hetero) is 1. The fourth-order valence-electron chi connectivity index (χ4n) is 1.39. The Balaban J connectivity index is 2.83. The van der Waals surface area contributed by atoms with E-state index in [0.29, 0.717) is 30.2 Å². The molecule has 0 aromatic heterocycles. The van der Waals surface area contributed by atoms with Crippen LogP contribution in [0.5, 0.6) is 5.75 Å². The summed E-state index contributed by atoms with van der Waals surface area (Å²) in [5.74, 6) is 1.00. The molecule has 0 saturated carbocycles. The van der Waals surface area contributed by atoms with Crippen LogP contribution in [0.15, 0.2) is 22.7 Å². The summed E-state index contributed by atoms with van der Waals surface area (Å²) in [5, 5.41) is 0. The number of hydrogen-bond donors (Lipinski definition) is 0. The fourth-order valence-corrected chi connectivity index (χ4v) is 1.93. The standard InChI is InChI=1S/C13H16BrClO2/c1-2-3-8-17-13-5-4-10(14)9-11(13)12(16)6-7-15/h4-5,9H,2-3,6-8H2,1H3. The van der Waals surface area contributed by atoms with Crippen LogP contribution >= 0.6 is 27.5 Å². The van der Waals surface area contributed by atoms with Crippen molar-refractivity contribution in [2.75, 3.05) is 12.5 Å². The number of ketones is 1. The summed E-state index contributed by atoms with van der Waals surface area (Å²) in [4.78, 5) is 11.9.